The van der Waals surface area contributed by atoms with Crippen LogP contribution in [0.25, 0.3) is 0 Å². The Labute approximate surface area is 126 Å². The summed E-state index contributed by atoms with van der Waals surface area (Å²) in [4.78, 5) is 14.5. The summed E-state index contributed by atoms with van der Waals surface area (Å²) in [6.45, 7) is 3.40. The summed E-state index contributed by atoms with van der Waals surface area (Å²) in [6, 6.07) is 6.39. The van der Waals surface area contributed by atoms with Gasteiger partial charge in [0.15, 0.2) is 11.5 Å². The van der Waals surface area contributed by atoms with Crippen LogP contribution < -0.4 is 9.47 Å². The zero-order valence-electron chi connectivity index (χ0n) is 12.6. The lowest BCUT2D eigenvalue weighted by atomic mass is 9.99. The van der Waals surface area contributed by atoms with E-state index >= 15 is 0 Å². The summed E-state index contributed by atoms with van der Waals surface area (Å²) in [7, 11) is 0. The molecular formula is C17H23NO3. The van der Waals surface area contributed by atoms with Crippen LogP contribution in [0.3, 0.4) is 0 Å². The Kier molecular flexibility index (Phi) is 4.32. The number of rotatable bonds is 4. The number of amides is 1. The first-order chi connectivity index (χ1) is 10.3. The Morgan fingerprint density at radius 1 is 1.29 bits per heavy atom. The molecule has 4 heteroatoms. The lowest BCUT2D eigenvalue weighted by Crippen LogP contribution is -2.43. The summed E-state index contributed by atoms with van der Waals surface area (Å²) in [5, 5.41) is 0. The van der Waals surface area contributed by atoms with Crippen molar-refractivity contribution < 1.29 is 14.3 Å². The topological polar surface area (TPSA) is 38.8 Å². The average Bonchev–Trinajstić information content (AvgIpc) is 3.00. The second-order valence-corrected chi connectivity index (χ2v) is 5.83. The van der Waals surface area contributed by atoms with E-state index in [4.69, 9.17) is 9.47 Å². The minimum atomic E-state index is 0.291. The first-order valence-corrected chi connectivity index (χ1v) is 7.96. The molecule has 2 aliphatic heterocycles. The minimum Gasteiger partial charge on any atom is -0.454 e. The Morgan fingerprint density at radius 2 is 2.14 bits per heavy atom. The van der Waals surface area contributed by atoms with Crippen molar-refractivity contribution in [2.24, 2.45) is 0 Å². The molecule has 21 heavy (non-hydrogen) atoms. The molecule has 1 aromatic carbocycles. The highest BCUT2D eigenvalue weighted by atomic mass is 16.7. The molecule has 0 N–H and O–H groups in total. The third kappa shape index (κ3) is 3.14. The summed E-state index contributed by atoms with van der Waals surface area (Å²) < 4.78 is 10.7. The molecule has 1 aromatic rings. The molecule has 0 radical (unpaired) electrons. The Bertz CT molecular complexity index is 515. The normalized spacial score (nSPS) is 20.6. The number of carbonyl (C=O) groups is 1. The molecule has 0 bridgehead atoms. The Hall–Kier alpha value is -1.71. The number of hydrogen-bond acceptors (Lipinski definition) is 3. The number of likely N-dealkylation sites (tertiary alicyclic amines) is 1. The largest absolute Gasteiger partial charge is 0.454 e. The molecule has 2 heterocycles. The molecular weight excluding hydrogens is 266 g/mol. The predicted octanol–water partition coefficient (Wildman–Crippen LogP) is 3.14. The van der Waals surface area contributed by atoms with Crippen LogP contribution in [-0.2, 0) is 11.2 Å². The van der Waals surface area contributed by atoms with Gasteiger partial charge in [0, 0.05) is 19.0 Å². The van der Waals surface area contributed by atoms with Crippen molar-refractivity contribution in [3.8, 4) is 11.5 Å². The Morgan fingerprint density at radius 3 is 3.00 bits per heavy atom. The number of hydrogen-bond donors (Lipinski definition) is 0. The van der Waals surface area contributed by atoms with Crippen molar-refractivity contribution in [2.45, 2.75) is 51.5 Å². The maximum atomic E-state index is 12.4. The van der Waals surface area contributed by atoms with E-state index in [1.54, 1.807) is 0 Å². The lowest BCUT2D eigenvalue weighted by molar-refractivity contribution is -0.134. The molecule has 0 spiro atoms. The van der Waals surface area contributed by atoms with Gasteiger partial charge in [-0.05, 0) is 49.8 Å². The zero-order valence-corrected chi connectivity index (χ0v) is 12.6. The van der Waals surface area contributed by atoms with Gasteiger partial charge in [-0.25, -0.2) is 0 Å². The quantitative estimate of drug-likeness (QED) is 0.854. The zero-order chi connectivity index (χ0) is 14.7. The van der Waals surface area contributed by atoms with Gasteiger partial charge in [0.2, 0.25) is 12.7 Å². The number of fused-ring (bicyclic) bond motifs is 1. The minimum absolute atomic E-state index is 0.291. The van der Waals surface area contributed by atoms with E-state index in [0.717, 1.165) is 49.3 Å². The molecule has 3 rings (SSSR count). The van der Waals surface area contributed by atoms with Crippen molar-refractivity contribution in [2.75, 3.05) is 13.3 Å². The molecule has 0 aliphatic carbocycles. The first kappa shape index (κ1) is 14.2. The highest BCUT2D eigenvalue weighted by molar-refractivity contribution is 5.77. The lowest BCUT2D eigenvalue weighted by Gasteiger charge is -2.35. The van der Waals surface area contributed by atoms with E-state index in [-0.39, 0.29) is 0 Å². The van der Waals surface area contributed by atoms with Gasteiger partial charge in [-0.15, -0.1) is 0 Å². The maximum Gasteiger partial charge on any atom is 0.231 e. The third-order valence-electron chi connectivity index (χ3n) is 4.48. The molecule has 0 aromatic heterocycles. The van der Waals surface area contributed by atoms with Gasteiger partial charge in [0.25, 0.3) is 0 Å². The molecule has 0 saturated carbocycles. The van der Waals surface area contributed by atoms with Crippen LogP contribution in [0, 0.1) is 0 Å². The van der Waals surface area contributed by atoms with Crippen molar-refractivity contribution in [1.82, 2.24) is 4.90 Å². The maximum absolute atomic E-state index is 12.4. The van der Waals surface area contributed by atoms with Crippen LogP contribution in [0.15, 0.2) is 18.2 Å². The van der Waals surface area contributed by atoms with E-state index in [0.29, 0.717) is 25.2 Å². The van der Waals surface area contributed by atoms with Crippen LogP contribution in [0.2, 0.25) is 0 Å². The molecule has 1 atom stereocenters. The van der Waals surface area contributed by atoms with Gasteiger partial charge in [0.05, 0.1) is 0 Å². The highest BCUT2D eigenvalue weighted by Crippen LogP contribution is 2.32. The van der Waals surface area contributed by atoms with Gasteiger partial charge < -0.3 is 14.4 Å². The van der Waals surface area contributed by atoms with Gasteiger partial charge in [-0.3, -0.25) is 4.79 Å². The summed E-state index contributed by atoms with van der Waals surface area (Å²) >= 11 is 0. The monoisotopic (exact) mass is 289 g/mol. The summed E-state index contributed by atoms with van der Waals surface area (Å²) in [6.07, 6.45) is 5.97. The highest BCUT2D eigenvalue weighted by Gasteiger charge is 2.24. The van der Waals surface area contributed by atoms with Gasteiger partial charge in [-0.1, -0.05) is 13.0 Å². The fraction of sp³-hybridized carbons (Fsp3) is 0.588. The molecule has 1 fully saturated rings. The van der Waals surface area contributed by atoms with E-state index < -0.39 is 0 Å². The molecule has 2 aliphatic rings. The van der Waals surface area contributed by atoms with Crippen LogP contribution in [-0.4, -0.2) is 30.2 Å². The van der Waals surface area contributed by atoms with Gasteiger partial charge in [0.1, 0.15) is 0 Å². The molecule has 1 saturated heterocycles. The second-order valence-electron chi connectivity index (χ2n) is 5.83. The number of carbonyl (C=O) groups excluding carboxylic acids is 1. The number of ether oxygens (including phenoxy) is 2. The number of aryl methyl sites for hydroxylation is 1. The van der Waals surface area contributed by atoms with Crippen molar-refractivity contribution >= 4 is 5.91 Å². The molecule has 4 nitrogen and oxygen atoms in total. The van der Waals surface area contributed by atoms with Crippen LogP contribution >= 0.6 is 0 Å². The average molecular weight is 289 g/mol. The van der Waals surface area contributed by atoms with Crippen LogP contribution in [0.1, 0.15) is 44.6 Å². The number of piperidine rings is 1. The number of nitrogens with zero attached hydrogens (tertiary/aromatic N) is 1. The molecule has 1 amide bonds. The third-order valence-corrected chi connectivity index (χ3v) is 4.48. The van der Waals surface area contributed by atoms with Crippen molar-refractivity contribution in [3.05, 3.63) is 23.8 Å². The second kappa shape index (κ2) is 6.37. The Balaban J connectivity index is 1.58. The van der Waals surface area contributed by atoms with E-state index in [9.17, 15) is 4.79 Å². The van der Waals surface area contributed by atoms with Gasteiger partial charge >= 0.3 is 0 Å². The summed E-state index contributed by atoms with van der Waals surface area (Å²) in [5.41, 5.74) is 1.14. The van der Waals surface area contributed by atoms with E-state index in [1.165, 1.54) is 6.42 Å². The SMILES string of the molecule is CCC1CCCCN1C(=O)CCc1ccc2c(c1)OCO2. The van der Waals surface area contributed by atoms with E-state index in [2.05, 4.69) is 11.8 Å². The van der Waals surface area contributed by atoms with E-state index in [1.807, 2.05) is 18.2 Å². The van der Waals surface area contributed by atoms with Crippen molar-refractivity contribution in [1.29, 1.82) is 0 Å². The fourth-order valence-corrected chi connectivity index (χ4v) is 3.24. The smallest absolute Gasteiger partial charge is 0.231 e. The van der Waals surface area contributed by atoms with Crippen molar-refractivity contribution in [3.63, 3.8) is 0 Å². The molecule has 1 unspecified atom stereocenters. The predicted molar refractivity (Wildman–Crippen MR) is 80.5 cm³/mol. The van der Waals surface area contributed by atoms with Gasteiger partial charge in [-0.2, -0.15) is 0 Å². The summed E-state index contributed by atoms with van der Waals surface area (Å²) in [5.74, 6) is 1.88. The first-order valence-electron chi connectivity index (χ1n) is 7.96. The number of benzene rings is 1. The fourth-order valence-electron chi connectivity index (χ4n) is 3.24. The standard InChI is InChI=1S/C17H23NO3/c1-2-14-5-3-4-10-18(14)17(19)9-7-13-6-8-15-16(11-13)21-12-20-15/h6,8,11,14H,2-5,7,9-10,12H2,1H3. The van der Waals surface area contributed by atoms with Crippen LogP contribution in [0.5, 0.6) is 11.5 Å². The molecule has 114 valence electrons. The van der Waals surface area contributed by atoms with Crippen LogP contribution in [0.4, 0.5) is 0 Å².